The molecule has 0 amide bonds. The molecule has 0 bridgehead atoms. The number of nitrogens with one attached hydrogen (secondary N) is 1. The summed E-state index contributed by atoms with van der Waals surface area (Å²) in [7, 11) is 0. The summed E-state index contributed by atoms with van der Waals surface area (Å²) in [4.78, 5) is 2.74. The molecule has 2 rings (SSSR count). The Bertz CT molecular complexity index is 574. The highest BCUT2D eigenvalue weighted by Gasteiger charge is 2.05. The maximum Gasteiger partial charge on any atom is 0.125 e. The predicted octanol–water partition coefficient (Wildman–Crippen LogP) is 4.15. The highest BCUT2D eigenvalue weighted by atomic mass is 32.1. The van der Waals surface area contributed by atoms with E-state index in [0.29, 0.717) is 6.61 Å². The Balaban J connectivity index is 1.77. The van der Waals surface area contributed by atoms with Gasteiger partial charge in [0.1, 0.15) is 12.4 Å². The van der Waals surface area contributed by atoms with Crippen molar-refractivity contribution in [2.75, 3.05) is 13.2 Å². The summed E-state index contributed by atoms with van der Waals surface area (Å²) in [5.74, 6) is 1.04. The first-order chi connectivity index (χ1) is 9.58. The topological polar surface area (TPSA) is 21.3 Å². The third kappa shape index (κ3) is 3.84. The molecule has 0 atom stereocenters. The van der Waals surface area contributed by atoms with Crippen LogP contribution in [0.3, 0.4) is 0 Å². The maximum absolute atomic E-state index is 5.93. The maximum atomic E-state index is 5.93. The molecule has 2 nitrogen and oxygen atoms in total. The Morgan fingerprint density at radius 3 is 2.45 bits per heavy atom. The SMILES string of the molecule is Cc1ccc(CNCCOc2c(C)ccc(C)c2C)s1. The van der Waals surface area contributed by atoms with Crippen LogP contribution in [-0.2, 0) is 6.54 Å². The average Bonchev–Trinajstić information content (AvgIpc) is 2.83. The zero-order valence-electron chi connectivity index (χ0n) is 12.7. The molecular formula is C17H23NOS. The zero-order chi connectivity index (χ0) is 14.5. The first kappa shape index (κ1) is 15.1. The predicted molar refractivity (Wildman–Crippen MR) is 86.9 cm³/mol. The van der Waals surface area contributed by atoms with Crippen molar-refractivity contribution in [3.63, 3.8) is 0 Å². The van der Waals surface area contributed by atoms with Gasteiger partial charge in [0.2, 0.25) is 0 Å². The minimum Gasteiger partial charge on any atom is -0.492 e. The van der Waals surface area contributed by atoms with Crippen molar-refractivity contribution in [1.82, 2.24) is 5.32 Å². The number of benzene rings is 1. The third-order valence-electron chi connectivity index (χ3n) is 3.49. The van der Waals surface area contributed by atoms with Crippen molar-refractivity contribution in [1.29, 1.82) is 0 Å². The van der Waals surface area contributed by atoms with Crippen LogP contribution < -0.4 is 10.1 Å². The van der Waals surface area contributed by atoms with Gasteiger partial charge in [-0.25, -0.2) is 0 Å². The molecule has 0 spiro atoms. The van der Waals surface area contributed by atoms with Crippen molar-refractivity contribution < 1.29 is 4.74 Å². The van der Waals surface area contributed by atoms with E-state index in [9.17, 15) is 0 Å². The molecule has 1 aromatic carbocycles. The Hall–Kier alpha value is -1.32. The van der Waals surface area contributed by atoms with Crippen molar-refractivity contribution >= 4 is 11.3 Å². The van der Waals surface area contributed by atoms with Gasteiger partial charge in [-0.15, -0.1) is 11.3 Å². The van der Waals surface area contributed by atoms with Gasteiger partial charge in [-0.2, -0.15) is 0 Å². The summed E-state index contributed by atoms with van der Waals surface area (Å²) < 4.78 is 5.93. The molecule has 1 N–H and O–H groups in total. The summed E-state index contributed by atoms with van der Waals surface area (Å²) in [6.45, 7) is 11.0. The lowest BCUT2D eigenvalue weighted by Crippen LogP contribution is -2.20. The molecule has 20 heavy (non-hydrogen) atoms. The van der Waals surface area contributed by atoms with E-state index in [-0.39, 0.29) is 0 Å². The standard InChI is InChI=1S/C17H23NOS/c1-12-5-6-13(2)17(15(12)4)19-10-9-18-11-16-8-7-14(3)20-16/h5-8,18H,9-11H2,1-4H3. The van der Waals surface area contributed by atoms with Crippen LogP contribution in [0.15, 0.2) is 24.3 Å². The quantitative estimate of drug-likeness (QED) is 0.807. The molecule has 0 aliphatic heterocycles. The minimum absolute atomic E-state index is 0.704. The van der Waals surface area contributed by atoms with E-state index in [0.717, 1.165) is 18.8 Å². The van der Waals surface area contributed by atoms with Gasteiger partial charge < -0.3 is 10.1 Å². The highest BCUT2D eigenvalue weighted by molar-refractivity contribution is 7.11. The summed E-state index contributed by atoms with van der Waals surface area (Å²) in [6.07, 6.45) is 0. The Morgan fingerprint density at radius 2 is 1.75 bits per heavy atom. The molecule has 0 aliphatic rings. The van der Waals surface area contributed by atoms with Crippen LogP contribution in [0, 0.1) is 27.7 Å². The van der Waals surface area contributed by atoms with Crippen molar-refractivity contribution in [2.45, 2.75) is 34.2 Å². The van der Waals surface area contributed by atoms with Gasteiger partial charge in [-0.1, -0.05) is 12.1 Å². The van der Waals surface area contributed by atoms with Gasteiger partial charge in [0.05, 0.1) is 0 Å². The van der Waals surface area contributed by atoms with Gasteiger partial charge in [0.15, 0.2) is 0 Å². The first-order valence-corrected chi connectivity index (χ1v) is 7.85. The van der Waals surface area contributed by atoms with E-state index in [1.165, 1.54) is 26.4 Å². The number of aryl methyl sites for hydroxylation is 3. The van der Waals surface area contributed by atoms with Crippen LogP contribution >= 0.6 is 11.3 Å². The van der Waals surface area contributed by atoms with E-state index in [2.05, 4.69) is 57.3 Å². The molecule has 0 saturated heterocycles. The Labute approximate surface area is 125 Å². The van der Waals surface area contributed by atoms with Crippen LogP contribution in [0.2, 0.25) is 0 Å². The molecule has 3 heteroatoms. The summed E-state index contributed by atoms with van der Waals surface area (Å²) in [5.41, 5.74) is 3.74. The molecule has 2 aromatic rings. The molecule has 0 unspecified atom stereocenters. The second-order valence-electron chi connectivity index (χ2n) is 5.19. The second-order valence-corrected chi connectivity index (χ2v) is 6.56. The number of hydrogen-bond acceptors (Lipinski definition) is 3. The van der Waals surface area contributed by atoms with Crippen LogP contribution in [0.4, 0.5) is 0 Å². The fourth-order valence-corrected chi connectivity index (χ4v) is 3.02. The average molecular weight is 289 g/mol. The van der Waals surface area contributed by atoms with Crippen molar-refractivity contribution in [3.05, 3.63) is 50.7 Å². The third-order valence-corrected chi connectivity index (χ3v) is 4.49. The lowest BCUT2D eigenvalue weighted by atomic mass is 10.1. The van der Waals surface area contributed by atoms with E-state index >= 15 is 0 Å². The van der Waals surface area contributed by atoms with E-state index in [1.54, 1.807) is 0 Å². The van der Waals surface area contributed by atoms with Crippen LogP contribution in [0.25, 0.3) is 0 Å². The van der Waals surface area contributed by atoms with E-state index < -0.39 is 0 Å². The molecule has 0 radical (unpaired) electrons. The van der Waals surface area contributed by atoms with Gasteiger partial charge in [0, 0.05) is 22.8 Å². The van der Waals surface area contributed by atoms with Gasteiger partial charge in [-0.05, 0) is 56.5 Å². The van der Waals surface area contributed by atoms with Crippen LogP contribution in [0.5, 0.6) is 5.75 Å². The fourth-order valence-electron chi connectivity index (χ4n) is 2.16. The lowest BCUT2D eigenvalue weighted by molar-refractivity contribution is 0.309. The van der Waals surface area contributed by atoms with Crippen molar-refractivity contribution in [3.8, 4) is 5.75 Å². The molecule has 0 saturated carbocycles. The van der Waals surface area contributed by atoms with Gasteiger partial charge >= 0.3 is 0 Å². The largest absolute Gasteiger partial charge is 0.492 e. The number of thiophene rings is 1. The summed E-state index contributed by atoms with van der Waals surface area (Å²) in [6, 6.07) is 8.62. The Morgan fingerprint density at radius 1 is 1.00 bits per heavy atom. The second kappa shape index (κ2) is 6.91. The number of rotatable bonds is 6. The van der Waals surface area contributed by atoms with E-state index in [1.807, 2.05) is 11.3 Å². The molecule has 1 heterocycles. The fraction of sp³-hybridized carbons (Fsp3) is 0.412. The molecule has 0 fully saturated rings. The monoisotopic (exact) mass is 289 g/mol. The first-order valence-electron chi connectivity index (χ1n) is 7.03. The molecule has 108 valence electrons. The summed E-state index contributed by atoms with van der Waals surface area (Å²) in [5, 5.41) is 3.42. The normalized spacial score (nSPS) is 10.8. The minimum atomic E-state index is 0.704. The molecular weight excluding hydrogens is 266 g/mol. The number of hydrogen-bond donors (Lipinski definition) is 1. The summed E-state index contributed by atoms with van der Waals surface area (Å²) >= 11 is 1.85. The van der Waals surface area contributed by atoms with Crippen molar-refractivity contribution in [2.24, 2.45) is 0 Å². The smallest absolute Gasteiger partial charge is 0.125 e. The highest BCUT2D eigenvalue weighted by Crippen LogP contribution is 2.25. The van der Waals surface area contributed by atoms with Gasteiger partial charge in [0.25, 0.3) is 0 Å². The zero-order valence-corrected chi connectivity index (χ0v) is 13.6. The number of ether oxygens (including phenoxy) is 1. The lowest BCUT2D eigenvalue weighted by Gasteiger charge is -2.14. The van der Waals surface area contributed by atoms with Crippen LogP contribution in [-0.4, -0.2) is 13.2 Å². The van der Waals surface area contributed by atoms with E-state index in [4.69, 9.17) is 4.74 Å². The van der Waals surface area contributed by atoms with Gasteiger partial charge in [-0.3, -0.25) is 0 Å². The van der Waals surface area contributed by atoms with Crippen LogP contribution in [0.1, 0.15) is 26.4 Å². The molecule has 0 aliphatic carbocycles. The Kier molecular flexibility index (Phi) is 5.21. The molecule has 1 aromatic heterocycles.